The van der Waals surface area contributed by atoms with Gasteiger partial charge in [0.2, 0.25) is 5.13 Å². The highest BCUT2D eigenvalue weighted by Gasteiger charge is 2.36. The molecular formula is C18H24N6S. The zero-order valence-corrected chi connectivity index (χ0v) is 15.2. The summed E-state index contributed by atoms with van der Waals surface area (Å²) in [5.74, 6) is 2.84. The van der Waals surface area contributed by atoms with Gasteiger partial charge in [0.15, 0.2) is 0 Å². The van der Waals surface area contributed by atoms with Crippen molar-refractivity contribution in [1.29, 1.82) is 0 Å². The maximum Gasteiger partial charge on any atom is 0.205 e. The molecule has 25 heavy (non-hydrogen) atoms. The van der Waals surface area contributed by atoms with E-state index >= 15 is 0 Å². The minimum absolute atomic E-state index is 0.641. The van der Waals surface area contributed by atoms with E-state index in [4.69, 9.17) is 4.98 Å². The number of pyridine rings is 1. The van der Waals surface area contributed by atoms with E-state index in [1.54, 1.807) is 11.5 Å². The first kappa shape index (κ1) is 15.5. The summed E-state index contributed by atoms with van der Waals surface area (Å²) in [6, 6.07) is 6.82. The molecule has 6 nitrogen and oxygen atoms in total. The van der Waals surface area contributed by atoms with Crippen molar-refractivity contribution >= 4 is 22.5 Å². The summed E-state index contributed by atoms with van der Waals surface area (Å²) in [6.07, 6.45) is 5.78. The highest BCUT2D eigenvalue weighted by atomic mass is 32.1. The number of hydrogen-bond acceptors (Lipinski definition) is 7. The fraction of sp³-hybridized carbons (Fsp3) is 0.611. The number of anilines is 2. The monoisotopic (exact) mass is 356 g/mol. The molecule has 0 N–H and O–H groups in total. The van der Waals surface area contributed by atoms with E-state index in [2.05, 4.69) is 36.2 Å². The molecule has 5 rings (SSSR count). The second kappa shape index (κ2) is 6.53. The highest BCUT2D eigenvalue weighted by Crippen LogP contribution is 2.37. The molecule has 3 fully saturated rings. The molecule has 0 bridgehead atoms. The van der Waals surface area contributed by atoms with Crippen LogP contribution in [0.15, 0.2) is 24.4 Å². The minimum atomic E-state index is 0.641. The molecule has 0 atom stereocenters. The number of piperazine rings is 1. The molecule has 132 valence electrons. The van der Waals surface area contributed by atoms with Crippen LogP contribution in [0.5, 0.6) is 0 Å². The highest BCUT2D eigenvalue weighted by molar-refractivity contribution is 7.09. The Hall–Kier alpha value is -1.73. The lowest BCUT2D eigenvalue weighted by Gasteiger charge is -2.48. The normalized spacial score (nSPS) is 22.7. The summed E-state index contributed by atoms with van der Waals surface area (Å²) < 4.78 is 4.58. The van der Waals surface area contributed by atoms with Crippen LogP contribution in [0.25, 0.3) is 0 Å². The molecule has 2 aromatic rings. The molecule has 4 heterocycles. The van der Waals surface area contributed by atoms with Crippen LogP contribution in [-0.4, -0.2) is 64.6 Å². The van der Waals surface area contributed by atoms with Gasteiger partial charge in [-0.2, -0.15) is 4.37 Å². The molecule has 1 aliphatic carbocycles. The van der Waals surface area contributed by atoms with Gasteiger partial charge in [-0.05, 0) is 25.0 Å². The first-order valence-electron chi connectivity index (χ1n) is 9.35. The summed E-state index contributed by atoms with van der Waals surface area (Å²) in [6.45, 7) is 6.58. The van der Waals surface area contributed by atoms with Crippen molar-refractivity contribution in [3.63, 3.8) is 0 Å². The van der Waals surface area contributed by atoms with Gasteiger partial charge >= 0.3 is 0 Å². The van der Waals surface area contributed by atoms with E-state index in [0.717, 1.165) is 56.0 Å². The molecule has 0 radical (unpaired) electrons. The Morgan fingerprint density at radius 3 is 2.52 bits per heavy atom. The SMILES string of the molecule is c1ccc(N2CCN(C3CN(c4nc(C5CCC5)ns4)C3)CC2)nc1. The lowest BCUT2D eigenvalue weighted by atomic mass is 9.85. The maximum atomic E-state index is 4.78. The van der Waals surface area contributed by atoms with Crippen molar-refractivity contribution < 1.29 is 0 Å². The first-order valence-corrected chi connectivity index (χ1v) is 10.1. The third-order valence-corrected chi connectivity index (χ3v) is 6.63. The van der Waals surface area contributed by atoms with Gasteiger partial charge in [0, 0.05) is 69.0 Å². The van der Waals surface area contributed by atoms with E-state index in [1.165, 1.54) is 19.3 Å². The van der Waals surface area contributed by atoms with Crippen LogP contribution in [0.2, 0.25) is 0 Å². The minimum Gasteiger partial charge on any atom is -0.354 e. The van der Waals surface area contributed by atoms with Gasteiger partial charge in [-0.1, -0.05) is 12.5 Å². The van der Waals surface area contributed by atoms with Gasteiger partial charge < -0.3 is 9.80 Å². The summed E-state index contributed by atoms with van der Waals surface area (Å²) in [5.41, 5.74) is 0. The van der Waals surface area contributed by atoms with Gasteiger partial charge in [0.05, 0.1) is 0 Å². The molecule has 2 aliphatic heterocycles. The molecule has 0 unspecified atom stereocenters. The van der Waals surface area contributed by atoms with Gasteiger partial charge in [-0.25, -0.2) is 9.97 Å². The quantitative estimate of drug-likeness (QED) is 0.837. The molecule has 7 heteroatoms. The Labute approximate surface area is 152 Å². The topological polar surface area (TPSA) is 48.4 Å². The Balaban J connectivity index is 1.12. The third kappa shape index (κ3) is 3.00. The van der Waals surface area contributed by atoms with Gasteiger partial charge in [0.1, 0.15) is 11.6 Å². The van der Waals surface area contributed by atoms with E-state index in [0.29, 0.717) is 12.0 Å². The largest absolute Gasteiger partial charge is 0.354 e. The Morgan fingerprint density at radius 2 is 1.84 bits per heavy atom. The van der Waals surface area contributed by atoms with Crippen molar-refractivity contribution in [2.75, 3.05) is 49.1 Å². The second-order valence-electron chi connectivity index (χ2n) is 7.33. The smallest absolute Gasteiger partial charge is 0.205 e. The average molecular weight is 356 g/mol. The van der Waals surface area contributed by atoms with E-state index in [-0.39, 0.29) is 0 Å². The molecule has 2 saturated heterocycles. The van der Waals surface area contributed by atoms with Crippen molar-refractivity contribution in [2.24, 2.45) is 0 Å². The Kier molecular flexibility index (Phi) is 4.06. The van der Waals surface area contributed by atoms with Gasteiger partial charge in [-0.15, -0.1) is 0 Å². The van der Waals surface area contributed by atoms with Crippen LogP contribution in [0.1, 0.15) is 31.0 Å². The fourth-order valence-corrected chi connectivity index (χ4v) is 4.65. The summed E-state index contributed by atoms with van der Waals surface area (Å²) in [5, 5.41) is 1.13. The number of hydrogen-bond donors (Lipinski definition) is 0. The number of nitrogens with zero attached hydrogens (tertiary/aromatic N) is 6. The van der Waals surface area contributed by atoms with Crippen LogP contribution in [0.4, 0.5) is 10.9 Å². The summed E-state index contributed by atoms with van der Waals surface area (Å²) in [4.78, 5) is 16.7. The maximum absolute atomic E-state index is 4.78. The fourth-order valence-electron chi connectivity index (χ4n) is 3.89. The molecule has 1 saturated carbocycles. The van der Waals surface area contributed by atoms with Gasteiger partial charge in [-0.3, -0.25) is 4.90 Å². The van der Waals surface area contributed by atoms with E-state index in [9.17, 15) is 0 Å². The standard InChI is InChI=1S/C18H24N6S/c1-2-7-19-16(6-1)23-10-8-22(9-11-23)15-12-24(13-15)18-20-17(21-25-18)14-4-3-5-14/h1-2,6-7,14-15H,3-5,8-13H2. The lowest BCUT2D eigenvalue weighted by Crippen LogP contribution is -2.63. The van der Waals surface area contributed by atoms with Crippen LogP contribution in [0.3, 0.4) is 0 Å². The van der Waals surface area contributed by atoms with Crippen LogP contribution >= 0.6 is 11.5 Å². The number of rotatable bonds is 4. The van der Waals surface area contributed by atoms with E-state index < -0.39 is 0 Å². The predicted molar refractivity (Wildman–Crippen MR) is 101 cm³/mol. The lowest BCUT2D eigenvalue weighted by molar-refractivity contribution is 0.157. The van der Waals surface area contributed by atoms with Crippen molar-refractivity contribution in [1.82, 2.24) is 19.2 Å². The third-order valence-electron chi connectivity index (χ3n) is 5.84. The van der Waals surface area contributed by atoms with Crippen molar-refractivity contribution in [3.8, 4) is 0 Å². The van der Waals surface area contributed by atoms with Crippen molar-refractivity contribution in [3.05, 3.63) is 30.2 Å². The zero-order valence-electron chi connectivity index (χ0n) is 14.4. The predicted octanol–water partition coefficient (Wildman–Crippen LogP) is 2.21. The Bertz CT molecular complexity index is 701. The number of aromatic nitrogens is 3. The van der Waals surface area contributed by atoms with E-state index in [1.807, 2.05) is 12.3 Å². The van der Waals surface area contributed by atoms with Crippen LogP contribution in [0, 0.1) is 0 Å². The molecule has 0 amide bonds. The Morgan fingerprint density at radius 1 is 1.00 bits per heavy atom. The second-order valence-corrected chi connectivity index (χ2v) is 8.06. The molecule has 2 aromatic heterocycles. The van der Waals surface area contributed by atoms with Crippen molar-refractivity contribution in [2.45, 2.75) is 31.2 Å². The molecule has 0 spiro atoms. The summed E-state index contributed by atoms with van der Waals surface area (Å²) in [7, 11) is 0. The van der Waals surface area contributed by atoms with Crippen LogP contribution < -0.4 is 9.80 Å². The first-order chi connectivity index (χ1) is 12.4. The average Bonchev–Trinajstić information content (AvgIpc) is 3.02. The summed E-state index contributed by atoms with van der Waals surface area (Å²) >= 11 is 1.59. The molecular weight excluding hydrogens is 332 g/mol. The molecule has 0 aromatic carbocycles. The van der Waals surface area contributed by atoms with Crippen LogP contribution in [-0.2, 0) is 0 Å². The zero-order chi connectivity index (χ0) is 16.6. The molecule has 3 aliphatic rings. The van der Waals surface area contributed by atoms with Gasteiger partial charge in [0.25, 0.3) is 0 Å².